The fraction of sp³-hybridized carbons (Fsp3) is 0.345. The summed E-state index contributed by atoms with van der Waals surface area (Å²) in [5, 5.41) is 23.8. The lowest BCUT2D eigenvalue weighted by Crippen LogP contribution is -2.37. The molecule has 0 saturated carbocycles. The lowest BCUT2D eigenvalue weighted by Gasteiger charge is -2.30. The quantitative estimate of drug-likeness (QED) is 0.247. The maximum absolute atomic E-state index is 13.5. The van der Waals surface area contributed by atoms with Gasteiger partial charge in [-0.3, -0.25) is 14.9 Å². The van der Waals surface area contributed by atoms with E-state index in [2.05, 4.69) is 41.3 Å². The average molecular weight is 544 g/mol. The van der Waals surface area contributed by atoms with Crippen LogP contribution in [0.15, 0.2) is 48.5 Å². The molecule has 11 heteroatoms. The molecule has 40 heavy (non-hydrogen) atoms. The van der Waals surface area contributed by atoms with E-state index in [0.717, 1.165) is 35.6 Å². The van der Waals surface area contributed by atoms with Crippen molar-refractivity contribution in [3.63, 3.8) is 0 Å². The number of carbonyl (C=O) groups excluding carboxylic acids is 1. The summed E-state index contributed by atoms with van der Waals surface area (Å²) in [6.07, 6.45) is 0. The summed E-state index contributed by atoms with van der Waals surface area (Å²) in [6, 6.07) is 14.3. The second kappa shape index (κ2) is 11.3. The van der Waals surface area contributed by atoms with Crippen LogP contribution in [-0.4, -0.2) is 65.2 Å². The number of fused-ring (bicyclic) bond motifs is 1. The number of nitrogens with one attached hydrogen (secondary N) is 1. The lowest BCUT2D eigenvalue weighted by atomic mass is 10.1. The van der Waals surface area contributed by atoms with Crippen LogP contribution in [-0.2, 0) is 4.74 Å². The van der Waals surface area contributed by atoms with E-state index in [0.29, 0.717) is 48.7 Å². The predicted molar refractivity (Wildman–Crippen MR) is 156 cm³/mol. The highest BCUT2D eigenvalue weighted by molar-refractivity contribution is 6.09. The van der Waals surface area contributed by atoms with Crippen molar-refractivity contribution >= 4 is 39.7 Å². The Morgan fingerprint density at radius 3 is 2.30 bits per heavy atom. The van der Waals surface area contributed by atoms with Crippen LogP contribution in [0.25, 0.3) is 16.7 Å². The fourth-order valence-corrected chi connectivity index (χ4v) is 5.05. The largest absolute Gasteiger partial charge is 0.378 e. The Morgan fingerprint density at radius 1 is 0.975 bits per heavy atom. The van der Waals surface area contributed by atoms with Gasteiger partial charge in [0.1, 0.15) is 11.0 Å². The Balaban J connectivity index is 1.45. The van der Waals surface area contributed by atoms with Crippen molar-refractivity contribution in [2.75, 3.05) is 54.5 Å². The number of nitro benzene ring substituents is 1. The zero-order chi connectivity index (χ0) is 28.4. The van der Waals surface area contributed by atoms with Crippen LogP contribution < -0.4 is 15.1 Å². The molecule has 2 heterocycles. The fourth-order valence-electron chi connectivity index (χ4n) is 5.05. The molecule has 0 unspecified atom stereocenters. The van der Waals surface area contributed by atoms with E-state index in [4.69, 9.17) is 9.84 Å². The highest BCUT2D eigenvalue weighted by Crippen LogP contribution is 2.29. The van der Waals surface area contributed by atoms with Crippen LogP contribution in [0.2, 0.25) is 0 Å². The minimum atomic E-state index is -0.494. The van der Waals surface area contributed by atoms with E-state index < -0.39 is 10.8 Å². The van der Waals surface area contributed by atoms with Gasteiger partial charge in [-0.15, -0.1) is 10.2 Å². The van der Waals surface area contributed by atoms with Crippen LogP contribution in [0.3, 0.4) is 0 Å². The van der Waals surface area contributed by atoms with Crippen LogP contribution in [0.1, 0.15) is 35.3 Å². The second-order valence-corrected chi connectivity index (χ2v) is 9.80. The molecule has 5 rings (SSSR count). The molecule has 0 atom stereocenters. The van der Waals surface area contributed by atoms with Gasteiger partial charge in [-0.1, -0.05) is 0 Å². The molecular weight excluding hydrogens is 510 g/mol. The van der Waals surface area contributed by atoms with E-state index in [-0.39, 0.29) is 11.3 Å². The number of rotatable bonds is 8. The Bertz CT molecular complexity index is 1570. The average Bonchev–Trinajstić information content (AvgIpc) is 3.36. The third-order valence-corrected chi connectivity index (χ3v) is 7.29. The molecule has 1 aliphatic heterocycles. The first kappa shape index (κ1) is 27.1. The van der Waals surface area contributed by atoms with Gasteiger partial charge in [-0.05, 0) is 75.2 Å². The van der Waals surface area contributed by atoms with Gasteiger partial charge in [0.25, 0.3) is 11.6 Å². The van der Waals surface area contributed by atoms with E-state index in [1.54, 1.807) is 16.9 Å². The minimum absolute atomic E-state index is 0.139. The van der Waals surface area contributed by atoms with Crippen molar-refractivity contribution in [3.8, 4) is 5.69 Å². The molecule has 0 aliphatic carbocycles. The monoisotopic (exact) mass is 543 g/mol. The van der Waals surface area contributed by atoms with Crippen LogP contribution >= 0.6 is 0 Å². The molecule has 0 radical (unpaired) electrons. The normalized spacial score (nSPS) is 13.4. The number of anilines is 3. The summed E-state index contributed by atoms with van der Waals surface area (Å²) in [7, 11) is 0. The number of aryl methyl sites for hydroxylation is 2. The van der Waals surface area contributed by atoms with Gasteiger partial charge in [0.05, 0.1) is 35.1 Å². The van der Waals surface area contributed by atoms with E-state index >= 15 is 0 Å². The number of nitrogens with zero attached hydrogens (tertiary/aromatic N) is 6. The molecule has 1 aromatic heterocycles. The van der Waals surface area contributed by atoms with Crippen molar-refractivity contribution in [1.82, 2.24) is 15.0 Å². The van der Waals surface area contributed by atoms with E-state index in [1.807, 2.05) is 30.9 Å². The predicted octanol–water partition coefficient (Wildman–Crippen LogP) is 4.88. The third kappa shape index (κ3) is 5.32. The van der Waals surface area contributed by atoms with E-state index in [9.17, 15) is 14.9 Å². The second-order valence-electron chi connectivity index (χ2n) is 9.80. The van der Waals surface area contributed by atoms with Crippen molar-refractivity contribution in [3.05, 3.63) is 75.3 Å². The van der Waals surface area contributed by atoms with Gasteiger partial charge >= 0.3 is 0 Å². The maximum Gasteiger partial charge on any atom is 0.270 e. The van der Waals surface area contributed by atoms with Crippen molar-refractivity contribution < 1.29 is 14.5 Å². The molecule has 0 spiro atoms. The number of benzene rings is 3. The molecule has 4 aromatic rings. The topological polar surface area (TPSA) is 119 Å². The number of amides is 1. The Hall–Kier alpha value is -4.51. The zero-order valence-electron chi connectivity index (χ0n) is 23.2. The van der Waals surface area contributed by atoms with Crippen molar-refractivity contribution in [1.29, 1.82) is 0 Å². The molecule has 3 aromatic carbocycles. The SMILES string of the molecule is CCN(CC)c1ccc(-n2nc3cc(C)c(NC(=O)c4cc([N+](=O)[O-])ccc4N4CCOCC4)cc3n2)c(C)c1. The number of nitro groups is 1. The van der Waals surface area contributed by atoms with Gasteiger partial charge in [0, 0.05) is 49.7 Å². The summed E-state index contributed by atoms with van der Waals surface area (Å²) in [6.45, 7) is 12.3. The number of hydrogen-bond donors (Lipinski definition) is 1. The molecule has 1 saturated heterocycles. The summed E-state index contributed by atoms with van der Waals surface area (Å²) in [4.78, 5) is 30.4. The number of morpholine rings is 1. The van der Waals surface area contributed by atoms with Crippen LogP contribution in [0, 0.1) is 24.0 Å². The highest BCUT2D eigenvalue weighted by atomic mass is 16.6. The summed E-state index contributed by atoms with van der Waals surface area (Å²) in [5.74, 6) is -0.428. The highest BCUT2D eigenvalue weighted by Gasteiger charge is 2.23. The van der Waals surface area contributed by atoms with Crippen molar-refractivity contribution in [2.24, 2.45) is 0 Å². The Labute approximate surface area is 232 Å². The molecule has 11 nitrogen and oxygen atoms in total. The number of hydrogen-bond acceptors (Lipinski definition) is 8. The van der Waals surface area contributed by atoms with Gasteiger partial charge in [0.15, 0.2) is 0 Å². The maximum atomic E-state index is 13.5. The number of aromatic nitrogens is 3. The minimum Gasteiger partial charge on any atom is -0.378 e. The van der Waals surface area contributed by atoms with Gasteiger partial charge in [0.2, 0.25) is 0 Å². The van der Waals surface area contributed by atoms with Gasteiger partial charge in [-0.2, -0.15) is 4.80 Å². The molecule has 1 amide bonds. The number of carbonyl (C=O) groups is 1. The van der Waals surface area contributed by atoms with Crippen LogP contribution in [0.4, 0.5) is 22.7 Å². The first-order valence-electron chi connectivity index (χ1n) is 13.4. The zero-order valence-corrected chi connectivity index (χ0v) is 23.2. The van der Waals surface area contributed by atoms with Gasteiger partial charge < -0.3 is 19.9 Å². The number of non-ortho nitro benzene ring substituents is 1. The lowest BCUT2D eigenvalue weighted by molar-refractivity contribution is -0.384. The molecule has 1 fully saturated rings. The first-order chi connectivity index (χ1) is 19.3. The first-order valence-corrected chi connectivity index (χ1v) is 13.4. The van der Waals surface area contributed by atoms with Crippen LogP contribution in [0.5, 0.6) is 0 Å². The Kier molecular flexibility index (Phi) is 7.65. The third-order valence-electron chi connectivity index (χ3n) is 7.29. The molecular formula is C29H33N7O4. The Morgan fingerprint density at radius 2 is 1.65 bits per heavy atom. The van der Waals surface area contributed by atoms with Gasteiger partial charge in [-0.25, -0.2) is 0 Å². The standard InChI is InChI=1S/C29H33N7O4/c1-5-33(6-2)21-7-9-27(20(4)15-21)35-31-25-16-19(3)24(18-26(25)32-35)30-29(37)23-17-22(36(38)39)8-10-28(23)34-11-13-40-14-12-34/h7-10,15-18H,5-6,11-14H2,1-4H3,(H,30,37). The van der Waals surface area contributed by atoms with E-state index in [1.165, 1.54) is 12.1 Å². The summed E-state index contributed by atoms with van der Waals surface area (Å²) < 4.78 is 5.44. The molecule has 208 valence electrons. The van der Waals surface area contributed by atoms with Crippen molar-refractivity contribution in [2.45, 2.75) is 27.7 Å². The molecule has 1 aliphatic rings. The molecule has 1 N–H and O–H groups in total. The summed E-state index contributed by atoms with van der Waals surface area (Å²) >= 11 is 0. The molecule has 0 bridgehead atoms. The smallest absolute Gasteiger partial charge is 0.270 e. The summed E-state index contributed by atoms with van der Waals surface area (Å²) in [5.41, 5.74) is 6.52. The number of ether oxygens (including phenoxy) is 1.